The number of rotatable bonds is 14. The van der Waals surface area contributed by atoms with Crippen LogP contribution < -0.4 is 22.1 Å². The Morgan fingerprint density at radius 1 is 1.20 bits per heavy atom. The minimum absolute atomic E-state index is 0.0547. The van der Waals surface area contributed by atoms with Crippen molar-refractivity contribution in [1.29, 1.82) is 5.41 Å². The van der Waals surface area contributed by atoms with Gasteiger partial charge in [0.15, 0.2) is 0 Å². The molecule has 1 aliphatic heterocycles. The predicted molar refractivity (Wildman–Crippen MR) is 155 cm³/mol. The number of nitrogens with one attached hydrogen (secondary N) is 3. The number of amides is 2. The number of benzene rings is 1. The molecule has 0 unspecified atom stereocenters. The van der Waals surface area contributed by atoms with Crippen LogP contribution in [0.25, 0.3) is 0 Å². The van der Waals surface area contributed by atoms with Crippen molar-refractivity contribution in [2.75, 3.05) is 19.7 Å². The molecule has 230 valence electrons. The van der Waals surface area contributed by atoms with Gasteiger partial charge in [-0.05, 0) is 43.7 Å². The number of aliphatic hydroxyl groups excluding tert-OH is 3. The van der Waals surface area contributed by atoms with E-state index in [0.717, 1.165) is 11.1 Å². The predicted octanol–water partition coefficient (Wildman–Crippen LogP) is 0.213. The third kappa shape index (κ3) is 10.4. The highest BCUT2D eigenvalue weighted by molar-refractivity contribution is 5.92. The van der Waals surface area contributed by atoms with Crippen LogP contribution in [0.5, 0.6) is 0 Å². The Balaban J connectivity index is 1.96. The van der Waals surface area contributed by atoms with Crippen molar-refractivity contribution in [3.05, 3.63) is 46.7 Å². The molecule has 0 bridgehead atoms. The number of hydrogen-bond acceptors (Lipinski definition) is 10. The van der Waals surface area contributed by atoms with E-state index in [2.05, 4.69) is 10.6 Å². The van der Waals surface area contributed by atoms with Crippen LogP contribution >= 0.6 is 0 Å². The molecule has 2 rings (SSSR count). The molecule has 41 heavy (non-hydrogen) atoms. The molecular weight excluding hydrogens is 530 g/mol. The first-order valence-electron chi connectivity index (χ1n) is 14.0. The summed E-state index contributed by atoms with van der Waals surface area (Å²) in [6.45, 7) is 7.30. The van der Waals surface area contributed by atoms with Gasteiger partial charge in [-0.15, -0.1) is 0 Å². The van der Waals surface area contributed by atoms with Crippen molar-refractivity contribution in [3.8, 4) is 0 Å². The smallest absolute Gasteiger partial charge is 0.245 e. The molecule has 0 spiro atoms. The van der Waals surface area contributed by atoms with Gasteiger partial charge in [0.05, 0.1) is 12.7 Å². The lowest BCUT2D eigenvalue weighted by Gasteiger charge is -2.36. The number of aliphatic hydroxyl groups is 3. The van der Waals surface area contributed by atoms with E-state index in [4.69, 9.17) is 26.4 Å². The van der Waals surface area contributed by atoms with Crippen molar-refractivity contribution in [2.24, 2.45) is 17.4 Å². The Labute approximate surface area is 242 Å². The maximum Gasteiger partial charge on any atom is 0.245 e. The summed E-state index contributed by atoms with van der Waals surface area (Å²) in [5, 5.41) is 43.5. The minimum atomic E-state index is -1.24. The van der Waals surface area contributed by atoms with Gasteiger partial charge in [-0.1, -0.05) is 38.1 Å². The summed E-state index contributed by atoms with van der Waals surface area (Å²) in [6.07, 6.45) is -2.61. The maximum absolute atomic E-state index is 12.4. The number of nitrogens with two attached hydrogens (primary N) is 2. The highest BCUT2D eigenvalue weighted by Gasteiger charge is 2.38. The summed E-state index contributed by atoms with van der Waals surface area (Å²) in [5.74, 6) is -0.743. The molecule has 0 aromatic heterocycles. The molecule has 1 aliphatic rings. The molecule has 1 fully saturated rings. The Morgan fingerprint density at radius 2 is 1.83 bits per heavy atom. The molecule has 0 saturated carbocycles. The number of carbonyl (C=O) groups is 2. The first-order chi connectivity index (χ1) is 19.3. The fraction of sp³-hybridized carbons (Fsp3) is 0.621. The zero-order valence-corrected chi connectivity index (χ0v) is 24.5. The summed E-state index contributed by atoms with van der Waals surface area (Å²) in [4.78, 5) is 24.6. The van der Waals surface area contributed by atoms with Crippen LogP contribution in [-0.2, 0) is 31.9 Å². The summed E-state index contributed by atoms with van der Waals surface area (Å²) >= 11 is 0. The Morgan fingerprint density at radius 3 is 2.41 bits per heavy atom. The highest BCUT2D eigenvalue weighted by atomic mass is 16.7. The van der Waals surface area contributed by atoms with E-state index in [9.17, 15) is 24.9 Å². The van der Waals surface area contributed by atoms with Crippen LogP contribution in [0.3, 0.4) is 0 Å². The molecule has 1 heterocycles. The van der Waals surface area contributed by atoms with Gasteiger partial charge in [0.2, 0.25) is 24.0 Å². The quantitative estimate of drug-likeness (QED) is 0.112. The number of aryl methyl sites for hydroxylation is 1. The summed E-state index contributed by atoms with van der Waals surface area (Å²) in [7, 11) is 0. The number of carbonyl (C=O) groups excluding carboxylic acids is 2. The van der Waals surface area contributed by atoms with Crippen molar-refractivity contribution < 1.29 is 34.4 Å². The molecular formula is C29H47N5O7. The largest absolute Gasteiger partial charge is 0.448 e. The number of ether oxygens (including phenoxy) is 2. The average Bonchev–Trinajstić information content (AvgIpc) is 2.92. The molecule has 12 nitrogen and oxygen atoms in total. The topological polar surface area (TPSA) is 213 Å². The summed E-state index contributed by atoms with van der Waals surface area (Å²) in [5.41, 5.74) is 13.6. The van der Waals surface area contributed by atoms with Crippen molar-refractivity contribution >= 4 is 17.7 Å². The molecule has 0 aliphatic carbocycles. The molecule has 1 saturated heterocycles. The molecule has 1 aromatic carbocycles. The molecule has 4 atom stereocenters. The standard InChI is InChI=1S/C29H47N5O7/c1-17(2)25(31)20(27(32)41-24-15-21(36)26(38)22(16-35)40-24)14-19-10-8-18(9-11-19)6-5-7-23(37)34-29(3,4)28(39)33-13-12-30/h8-11,17,21-22,24,26,32,35-36,38H,5-7,12-16,30-31H2,1-4H3,(H,33,39)(H,34,37)/b25-20-,32-27?/t21-,22-,24+,26-/m1/s1. The van der Waals surface area contributed by atoms with E-state index in [1.165, 1.54) is 0 Å². The lowest BCUT2D eigenvalue weighted by atomic mass is 9.96. The van der Waals surface area contributed by atoms with Crippen LogP contribution in [-0.4, -0.2) is 82.9 Å². The van der Waals surface area contributed by atoms with E-state index in [1.54, 1.807) is 13.8 Å². The Bertz CT molecular complexity index is 1060. The second-order valence-corrected chi connectivity index (χ2v) is 11.2. The van der Waals surface area contributed by atoms with Crippen LogP contribution in [0.4, 0.5) is 0 Å². The van der Waals surface area contributed by atoms with E-state index >= 15 is 0 Å². The fourth-order valence-electron chi connectivity index (χ4n) is 4.36. The molecule has 10 N–H and O–H groups in total. The Kier molecular flexibility index (Phi) is 13.2. The fourth-order valence-corrected chi connectivity index (χ4v) is 4.36. The maximum atomic E-state index is 12.4. The van der Waals surface area contributed by atoms with Gasteiger partial charge in [0.1, 0.15) is 17.7 Å². The van der Waals surface area contributed by atoms with Crippen molar-refractivity contribution in [2.45, 2.75) is 89.9 Å². The minimum Gasteiger partial charge on any atom is -0.448 e. The number of hydrogen-bond donors (Lipinski definition) is 8. The third-order valence-electron chi connectivity index (χ3n) is 6.93. The van der Waals surface area contributed by atoms with Gasteiger partial charge < -0.3 is 46.9 Å². The van der Waals surface area contributed by atoms with Crippen LogP contribution in [0.1, 0.15) is 58.1 Å². The van der Waals surface area contributed by atoms with E-state index in [0.29, 0.717) is 43.6 Å². The van der Waals surface area contributed by atoms with Crippen molar-refractivity contribution in [1.82, 2.24) is 10.6 Å². The van der Waals surface area contributed by atoms with Gasteiger partial charge in [-0.3, -0.25) is 15.0 Å². The second-order valence-electron chi connectivity index (χ2n) is 11.2. The van der Waals surface area contributed by atoms with Crippen LogP contribution in [0.2, 0.25) is 0 Å². The second kappa shape index (κ2) is 15.8. The summed E-state index contributed by atoms with van der Waals surface area (Å²) in [6, 6.07) is 7.78. The zero-order chi connectivity index (χ0) is 30.7. The highest BCUT2D eigenvalue weighted by Crippen LogP contribution is 2.24. The molecule has 2 amide bonds. The summed E-state index contributed by atoms with van der Waals surface area (Å²) < 4.78 is 11.2. The normalized spacial score (nSPS) is 21.7. The first kappa shape index (κ1) is 34.2. The lowest BCUT2D eigenvalue weighted by Crippen LogP contribution is -2.55. The zero-order valence-electron chi connectivity index (χ0n) is 24.5. The first-order valence-corrected chi connectivity index (χ1v) is 14.0. The van der Waals surface area contributed by atoms with E-state index < -0.39 is 36.7 Å². The van der Waals surface area contributed by atoms with Gasteiger partial charge in [0.25, 0.3) is 0 Å². The van der Waals surface area contributed by atoms with Crippen molar-refractivity contribution in [3.63, 3.8) is 0 Å². The van der Waals surface area contributed by atoms with Crippen LogP contribution in [0.15, 0.2) is 35.5 Å². The molecule has 1 aromatic rings. The van der Waals surface area contributed by atoms with Gasteiger partial charge >= 0.3 is 0 Å². The van der Waals surface area contributed by atoms with Gasteiger partial charge in [0, 0.05) is 43.6 Å². The van der Waals surface area contributed by atoms with E-state index in [1.807, 2.05) is 38.1 Å². The Hall–Kier alpha value is -3.03. The third-order valence-corrected chi connectivity index (χ3v) is 6.93. The number of allylic oxidation sites excluding steroid dienone is 1. The SMILES string of the molecule is CC(C)/C(N)=C(\Cc1ccc(CCCC(=O)NC(C)(C)C(=O)NCCN)cc1)C(=N)O[C@H]1C[C@@H](O)[C@@H](O)[C@@H](CO)O1. The van der Waals surface area contributed by atoms with E-state index in [-0.39, 0.29) is 36.5 Å². The average molecular weight is 578 g/mol. The van der Waals surface area contributed by atoms with Crippen LogP contribution in [0, 0.1) is 11.3 Å². The molecule has 0 radical (unpaired) electrons. The lowest BCUT2D eigenvalue weighted by molar-refractivity contribution is -0.234. The van der Waals surface area contributed by atoms with Gasteiger partial charge in [-0.2, -0.15) is 0 Å². The monoisotopic (exact) mass is 577 g/mol. The van der Waals surface area contributed by atoms with Gasteiger partial charge in [-0.25, -0.2) is 0 Å². The molecule has 12 heteroatoms.